The minimum Gasteiger partial charge on any atom is -0.399 e. The number of benzene rings is 2. The number of aryl methyl sites for hydroxylation is 1. The molecule has 0 saturated carbocycles. The minimum atomic E-state index is -0.661. The van der Waals surface area contributed by atoms with Crippen LogP contribution in [0.25, 0.3) is 0 Å². The lowest BCUT2D eigenvalue weighted by Gasteiger charge is -2.26. The molecule has 0 amide bonds. The van der Waals surface area contributed by atoms with Crippen LogP contribution in [-0.4, -0.2) is 5.79 Å². The van der Waals surface area contributed by atoms with Gasteiger partial charge in [0.15, 0.2) is 5.79 Å². The number of anilines is 3. The Morgan fingerprint density at radius 3 is 2.42 bits per heavy atom. The van der Waals surface area contributed by atoms with Gasteiger partial charge in [-0.2, -0.15) is 0 Å². The summed E-state index contributed by atoms with van der Waals surface area (Å²) in [6.07, 6.45) is 0.696. The van der Waals surface area contributed by atoms with Crippen LogP contribution in [0.15, 0.2) is 42.5 Å². The molecule has 1 unspecified atom stereocenters. The zero-order valence-corrected chi connectivity index (χ0v) is 10.9. The molecule has 3 rings (SSSR count). The predicted molar refractivity (Wildman–Crippen MR) is 79.9 cm³/mol. The highest BCUT2D eigenvalue weighted by Crippen LogP contribution is 2.34. The van der Waals surface area contributed by atoms with Crippen molar-refractivity contribution in [1.82, 2.24) is 0 Å². The van der Waals surface area contributed by atoms with E-state index < -0.39 is 5.79 Å². The molecule has 0 bridgehead atoms. The molecule has 2 aromatic rings. The molecule has 0 fully saturated rings. The van der Waals surface area contributed by atoms with Gasteiger partial charge in [-0.25, -0.2) is 0 Å². The lowest BCUT2D eigenvalue weighted by molar-refractivity contribution is 0.566. The highest BCUT2D eigenvalue weighted by atomic mass is 15.3. The lowest BCUT2D eigenvalue weighted by atomic mass is 10.1. The van der Waals surface area contributed by atoms with Crippen molar-refractivity contribution in [3.05, 3.63) is 53.6 Å². The van der Waals surface area contributed by atoms with Crippen molar-refractivity contribution in [3.8, 4) is 0 Å². The van der Waals surface area contributed by atoms with Crippen molar-refractivity contribution < 1.29 is 0 Å². The van der Waals surface area contributed by atoms with Gasteiger partial charge in [0.1, 0.15) is 0 Å². The molecule has 98 valence electrons. The van der Waals surface area contributed by atoms with Crippen molar-refractivity contribution >= 4 is 17.1 Å². The van der Waals surface area contributed by atoms with Crippen molar-refractivity contribution in [3.63, 3.8) is 0 Å². The number of hydrogen-bond donors (Lipinski definition) is 4. The van der Waals surface area contributed by atoms with Crippen molar-refractivity contribution in [2.75, 3.05) is 16.4 Å². The second kappa shape index (κ2) is 4.17. The topological polar surface area (TPSA) is 76.1 Å². The molecule has 4 heteroatoms. The lowest BCUT2D eigenvalue weighted by Crippen LogP contribution is -2.53. The Morgan fingerprint density at radius 1 is 1.00 bits per heavy atom. The van der Waals surface area contributed by atoms with E-state index in [0.717, 1.165) is 17.1 Å². The van der Waals surface area contributed by atoms with Gasteiger partial charge in [-0.05, 0) is 30.7 Å². The third-order valence-corrected chi connectivity index (χ3v) is 3.36. The summed E-state index contributed by atoms with van der Waals surface area (Å²) in [5.74, 6) is -0.661. The first-order chi connectivity index (χ1) is 9.04. The van der Waals surface area contributed by atoms with E-state index in [-0.39, 0.29) is 0 Å². The van der Waals surface area contributed by atoms with Gasteiger partial charge < -0.3 is 16.4 Å². The first kappa shape index (κ1) is 11.9. The van der Waals surface area contributed by atoms with E-state index in [4.69, 9.17) is 11.5 Å². The Balaban J connectivity index is 1.81. The summed E-state index contributed by atoms with van der Waals surface area (Å²) in [7, 11) is 0. The summed E-state index contributed by atoms with van der Waals surface area (Å²) in [5, 5.41) is 6.61. The zero-order valence-electron chi connectivity index (χ0n) is 10.9. The van der Waals surface area contributed by atoms with E-state index in [9.17, 15) is 0 Å². The molecule has 1 aliphatic heterocycles. The second-order valence-corrected chi connectivity index (χ2v) is 5.19. The number of nitrogens with two attached hydrogens (primary N) is 2. The fourth-order valence-electron chi connectivity index (χ4n) is 2.40. The fraction of sp³-hybridized carbons (Fsp3) is 0.200. The molecule has 1 aliphatic rings. The summed E-state index contributed by atoms with van der Waals surface area (Å²) in [4.78, 5) is 0. The molecule has 0 aromatic heterocycles. The van der Waals surface area contributed by atoms with E-state index in [1.165, 1.54) is 11.1 Å². The molecule has 0 saturated heterocycles. The van der Waals surface area contributed by atoms with Gasteiger partial charge in [0.25, 0.3) is 0 Å². The maximum absolute atomic E-state index is 6.37. The van der Waals surface area contributed by atoms with Crippen LogP contribution in [0, 0.1) is 6.92 Å². The summed E-state index contributed by atoms with van der Waals surface area (Å²) in [6, 6.07) is 14.1. The smallest absolute Gasteiger partial charge is 0.166 e. The van der Waals surface area contributed by atoms with Crippen LogP contribution in [0.4, 0.5) is 17.1 Å². The zero-order chi connectivity index (χ0) is 13.5. The molecule has 0 radical (unpaired) electrons. The van der Waals surface area contributed by atoms with E-state index >= 15 is 0 Å². The largest absolute Gasteiger partial charge is 0.399 e. The molecule has 6 N–H and O–H groups in total. The van der Waals surface area contributed by atoms with Crippen LogP contribution in [0.2, 0.25) is 0 Å². The fourth-order valence-corrected chi connectivity index (χ4v) is 2.40. The third-order valence-electron chi connectivity index (χ3n) is 3.36. The number of nitrogen functional groups attached to an aromatic ring is 1. The molecular weight excluding hydrogens is 236 g/mol. The maximum atomic E-state index is 6.37. The molecule has 19 heavy (non-hydrogen) atoms. The van der Waals surface area contributed by atoms with Gasteiger partial charge >= 0.3 is 0 Å². The first-order valence-corrected chi connectivity index (χ1v) is 6.34. The summed E-state index contributed by atoms with van der Waals surface area (Å²) in [6.45, 7) is 2.08. The Morgan fingerprint density at radius 2 is 1.68 bits per heavy atom. The first-order valence-electron chi connectivity index (χ1n) is 6.34. The van der Waals surface area contributed by atoms with Crippen LogP contribution in [0.1, 0.15) is 11.1 Å². The van der Waals surface area contributed by atoms with Crippen LogP contribution in [0.3, 0.4) is 0 Å². The molecular formula is C15H18N4. The standard InChI is InChI=1S/C15H18N4/c1-10-2-4-11(5-3-10)9-15(17)18-13-7-6-12(16)8-14(13)19-15/h2-8,18-19H,9,16-17H2,1H3. The maximum Gasteiger partial charge on any atom is 0.166 e. The normalized spacial score (nSPS) is 20.5. The molecule has 0 aliphatic carbocycles. The van der Waals surface area contributed by atoms with Gasteiger partial charge in [-0.3, -0.25) is 5.73 Å². The van der Waals surface area contributed by atoms with Crippen LogP contribution in [0.5, 0.6) is 0 Å². The molecule has 4 nitrogen and oxygen atoms in total. The number of fused-ring (bicyclic) bond motifs is 1. The van der Waals surface area contributed by atoms with Gasteiger partial charge in [0.2, 0.25) is 0 Å². The number of hydrogen-bond acceptors (Lipinski definition) is 4. The summed E-state index contributed by atoms with van der Waals surface area (Å²) in [5.41, 5.74) is 17.3. The SMILES string of the molecule is Cc1ccc(CC2(N)Nc3ccc(N)cc3N2)cc1. The third kappa shape index (κ3) is 2.35. The average molecular weight is 254 g/mol. The Hall–Kier alpha value is -2.20. The molecule has 1 atom stereocenters. The summed E-state index contributed by atoms with van der Waals surface area (Å²) < 4.78 is 0. The highest BCUT2D eigenvalue weighted by molar-refractivity contribution is 5.79. The highest BCUT2D eigenvalue weighted by Gasteiger charge is 2.32. The minimum absolute atomic E-state index is 0.661. The monoisotopic (exact) mass is 254 g/mol. The second-order valence-electron chi connectivity index (χ2n) is 5.19. The van der Waals surface area contributed by atoms with Gasteiger partial charge in [0.05, 0.1) is 11.4 Å². The number of nitrogens with one attached hydrogen (secondary N) is 2. The Labute approximate surface area is 112 Å². The van der Waals surface area contributed by atoms with Crippen molar-refractivity contribution in [1.29, 1.82) is 0 Å². The predicted octanol–water partition coefficient (Wildman–Crippen LogP) is 2.27. The average Bonchev–Trinajstić information content (AvgIpc) is 2.67. The van der Waals surface area contributed by atoms with E-state index in [1.807, 2.05) is 18.2 Å². The van der Waals surface area contributed by atoms with Crippen molar-refractivity contribution in [2.24, 2.45) is 5.73 Å². The molecule has 0 spiro atoms. The molecule has 1 heterocycles. The van der Waals surface area contributed by atoms with Crippen LogP contribution >= 0.6 is 0 Å². The van der Waals surface area contributed by atoms with E-state index in [0.29, 0.717) is 6.42 Å². The molecule has 2 aromatic carbocycles. The van der Waals surface area contributed by atoms with Gasteiger partial charge in [-0.1, -0.05) is 29.8 Å². The Bertz CT molecular complexity index is 606. The van der Waals surface area contributed by atoms with Crippen molar-refractivity contribution in [2.45, 2.75) is 19.1 Å². The van der Waals surface area contributed by atoms with E-state index in [1.54, 1.807) is 0 Å². The van der Waals surface area contributed by atoms with E-state index in [2.05, 4.69) is 41.8 Å². The van der Waals surface area contributed by atoms with Gasteiger partial charge in [-0.15, -0.1) is 0 Å². The Kier molecular flexibility index (Phi) is 2.61. The number of rotatable bonds is 2. The van der Waals surface area contributed by atoms with Gasteiger partial charge in [0, 0.05) is 12.1 Å². The summed E-state index contributed by atoms with van der Waals surface area (Å²) >= 11 is 0. The van der Waals surface area contributed by atoms with Crippen LogP contribution < -0.4 is 22.1 Å². The van der Waals surface area contributed by atoms with Crippen LogP contribution in [-0.2, 0) is 6.42 Å². The quantitative estimate of drug-likeness (QED) is 0.620.